The molecule has 2 N–H and O–H groups in total. The lowest BCUT2D eigenvalue weighted by Gasteiger charge is -2.16. The minimum absolute atomic E-state index is 0.318. The van der Waals surface area contributed by atoms with Crippen LogP contribution in [-0.2, 0) is 4.79 Å². The zero-order valence-corrected chi connectivity index (χ0v) is 10.00. The van der Waals surface area contributed by atoms with Crippen LogP contribution in [0.5, 0.6) is 5.75 Å². The number of aliphatic hydroxyl groups is 1. The average molecular weight is 245 g/mol. The number of carboxylic acids is 1. The van der Waals surface area contributed by atoms with Crippen molar-refractivity contribution in [1.29, 1.82) is 0 Å². The number of carboxylic acid groups (broad SMARTS) is 1. The third-order valence-electron chi connectivity index (χ3n) is 2.45. The summed E-state index contributed by atoms with van der Waals surface area (Å²) in [4.78, 5) is 10.7. The Kier molecular flexibility index (Phi) is 3.78. The van der Waals surface area contributed by atoms with Crippen molar-refractivity contribution in [2.45, 2.75) is 20.0 Å². The summed E-state index contributed by atoms with van der Waals surface area (Å²) in [7, 11) is 1.48. The Labute approximate surface area is 98.4 Å². The van der Waals surface area contributed by atoms with Crippen LogP contribution in [0.15, 0.2) is 6.07 Å². The van der Waals surface area contributed by atoms with E-state index in [9.17, 15) is 9.90 Å². The van der Waals surface area contributed by atoms with Gasteiger partial charge in [-0.3, -0.25) is 0 Å². The van der Waals surface area contributed by atoms with Crippen LogP contribution in [0.25, 0.3) is 0 Å². The van der Waals surface area contributed by atoms with Crippen molar-refractivity contribution in [2.24, 2.45) is 0 Å². The number of aliphatic carboxylic acids is 1. The highest BCUT2D eigenvalue weighted by Gasteiger charge is 2.23. The Morgan fingerprint density at radius 3 is 2.50 bits per heavy atom. The van der Waals surface area contributed by atoms with E-state index in [1.54, 1.807) is 19.9 Å². The molecule has 1 rings (SSSR count). The molecule has 4 nitrogen and oxygen atoms in total. The summed E-state index contributed by atoms with van der Waals surface area (Å²) in [6.07, 6.45) is -1.57. The molecule has 1 unspecified atom stereocenters. The number of carbonyl (C=O) groups is 1. The number of rotatable bonds is 3. The van der Waals surface area contributed by atoms with Gasteiger partial charge in [0.1, 0.15) is 5.75 Å². The largest absolute Gasteiger partial charge is 0.495 e. The van der Waals surface area contributed by atoms with Gasteiger partial charge in [-0.15, -0.1) is 0 Å². The molecule has 0 saturated carbocycles. The van der Waals surface area contributed by atoms with Crippen LogP contribution in [0.4, 0.5) is 0 Å². The van der Waals surface area contributed by atoms with Gasteiger partial charge in [0.25, 0.3) is 0 Å². The first-order valence-electron chi connectivity index (χ1n) is 4.64. The lowest BCUT2D eigenvalue weighted by molar-refractivity contribution is -0.147. The second kappa shape index (κ2) is 4.72. The van der Waals surface area contributed by atoms with Crippen LogP contribution >= 0.6 is 11.6 Å². The van der Waals surface area contributed by atoms with Gasteiger partial charge in [-0.25, -0.2) is 4.79 Å². The first-order chi connectivity index (χ1) is 7.40. The average Bonchev–Trinajstić information content (AvgIpc) is 2.23. The second-order valence-electron chi connectivity index (χ2n) is 3.49. The molecule has 0 heterocycles. The van der Waals surface area contributed by atoms with E-state index in [0.29, 0.717) is 27.5 Å². The van der Waals surface area contributed by atoms with E-state index in [1.165, 1.54) is 7.11 Å². The Morgan fingerprint density at radius 1 is 1.50 bits per heavy atom. The predicted molar refractivity (Wildman–Crippen MR) is 60.1 cm³/mol. The molecule has 0 aliphatic heterocycles. The number of hydrogen-bond donors (Lipinski definition) is 2. The highest BCUT2D eigenvalue weighted by Crippen LogP contribution is 2.35. The highest BCUT2D eigenvalue weighted by molar-refractivity contribution is 6.33. The normalized spacial score (nSPS) is 12.3. The first-order valence-corrected chi connectivity index (χ1v) is 5.02. The number of methoxy groups -OCH3 is 1. The summed E-state index contributed by atoms with van der Waals surface area (Å²) in [5.41, 5.74) is 1.47. The first kappa shape index (κ1) is 12.8. The number of benzene rings is 1. The van der Waals surface area contributed by atoms with Gasteiger partial charge in [-0.05, 0) is 36.6 Å². The van der Waals surface area contributed by atoms with E-state index in [-0.39, 0.29) is 0 Å². The SMILES string of the molecule is COc1cc(C)c(C(O)C(=O)O)c(C)c1Cl. The summed E-state index contributed by atoms with van der Waals surface area (Å²) in [5, 5.41) is 18.6. The zero-order valence-electron chi connectivity index (χ0n) is 9.24. The molecule has 1 aromatic rings. The maximum atomic E-state index is 10.7. The molecule has 0 bridgehead atoms. The molecule has 0 aromatic heterocycles. The van der Waals surface area contributed by atoms with E-state index in [1.807, 2.05) is 0 Å². The summed E-state index contributed by atoms with van der Waals surface area (Å²) in [5.74, 6) is -0.828. The number of aliphatic hydroxyl groups excluding tert-OH is 1. The third kappa shape index (κ3) is 2.13. The van der Waals surface area contributed by atoms with Crippen molar-refractivity contribution < 1.29 is 19.7 Å². The van der Waals surface area contributed by atoms with Crippen LogP contribution in [0.3, 0.4) is 0 Å². The monoisotopic (exact) mass is 244 g/mol. The molecular weight excluding hydrogens is 232 g/mol. The molecule has 0 saturated heterocycles. The fraction of sp³-hybridized carbons (Fsp3) is 0.364. The Hall–Kier alpha value is -1.26. The molecule has 5 heteroatoms. The molecular formula is C11H13ClO4. The van der Waals surface area contributed by atoms with Crippen molar-refractivity contribution in [2.75, 3.05) is 7.11 Å². The van der Waals surface area contributed by atoms with Crippen molar-refractivity contribution in [3.8, 4) is 5.75 Å². The summed E-state index contributed by atoms with van der Waals surface area (Å²) >= 11 is 5.99. The number of hydrogen-bond acceptors (Lipinski definition) is 3. The Morgan fingerprint density at radius 2 is 2.06 bits per heavy atom. The topological polar surface area (TPSA) is 66.8 Å². The number of aryl methyl sites for hydroxylation is 1. The molecule has 0 spiro atoms. The maximum absolute atomic E-state index is 10.7. The van der Waals surface area contributed by atoms with Gasteiger partial charge in [0.15, 0.2) is 6.10 Å². The van der Waals surface area contributed by atoms with Crippen molar-refractivity contribution in [3.63, 3.8) is 0 Å². The fourth-order valence-electron chi connectivity index (χ4n) is 1.63. The van der Waals surface area contributed by atoms with Gasteiger partial charge >= 0.3 is 5.97 Å². The summed E-state index contributed by atoms with van der Waals surface area (Å²) in [6, 6.07) is 1.61. The second-order valence-corrected chi connectivity index (χ2v) is 3.87. The van der Waals surface area contributed by atoms with Gasteiger partial charge in [-0.2, -0.15) is 0 Å². The van der Waals surface area contributed by atoms with Crippen LogP contribution < -0.4 is 4.74 Å². The Bertz CT molecular complexity index is 428. The van der Waals surface area contributed by atoms with Gasteiger partial charge in [0.2, 0.25) is 0 Å². The molecule has 16 heavy (non-hydrogen) atoms. The fourth-order valence-corrected chi connectivity index (χ4v) is 1.86. The van der Waals surface area contributed by atoms with E-state index in [4.69, 9.17) is 21.4 Å². The smallest absolute Gasteiger partial charge is 0.337 e. The lowest BCUT2D eigenvalue weighted by atomic mass is 9.97. The molecule has 0 aliphatic carbocycles. The van der Waals surface area contributed by atoms with Crippen LogP contribution in [0.2, 0.25) is 5.02 Å². The van der Waals surface area contributed by atoms with Crippen LogP contribution in [0.1, 0.15) is 22.8 Å². The minimum atomic E-state index is -1.57. The lowest BCUT2D eigenvalue weighted by Crippen LogP contribution is -2.14. The van der Waals surface area contributed by atoms with Crippen LogP contribution in [-0.4, -0.2) is 23.3 Å². The number of halogens is 1. The van der Waals surface area contributed by atoms with Gasteiger partial charge in [-0.1, -0.05) is 11.6 Å². The van der Waals surface area contributed by atoms with E-state index >= 15 is 0 Å². The summed E-state index contributed by atoms with van der Waals surface area (Å²) in [6.45, 7) is 3.35. The highest BCUT2D eigenvalue weighted by atomic mass is 35.5. The quantitative estimate of drug-likeness (QED) is 0.854. The standard InChI is InChI=1S/C11H13ClO4/c1-5-4-7(16-3)9(12)6(2)8(5)10(13)11(14)15/h4,10,13H,1-3H3,(H,14,15). The number of ether oxygens (including phenoxy) is 1. The molecule has 0 aliphatic rings. The molecule has 1 atom stereocenters. The van der Waals surface area contributed by atoms with E-state index in [2.05, 4.69) is 0 Å². The van der Waals surface area contributed by atoms with E-state index in [0.717, 1.165) is 0 Å². The molecule has 1 aromatic carbocycles. The maximum Gasteiger partial charge on any atom is 0.337 e. The minimum Gasteiger partial charge on any atom is -0.495 e. The van der Waals surface area contributed by atoms with Gasteiger partial charge < -0.3 is 14.9 Å². The molecule has 0 radical (unpaired) electrons. The Balaban J connectivity index is 3.41. The van der Waals surface area contributed by atoms with Crippen molar-refractivity contribution >= 4 is 17.6 Å². The zero-order chi connectivity index (χ0) is 12.5. The van der Waals surface area contributed by atoms with Gasteiger partial charge in [0.05, 0.1) is 12.1 Å². The molecule has 0 amide bonds. The predicted octanol–water partition coefficient (Wildman–Crippen LogP) is 2.08. The van der Waals surface area contributed by atoms with Gasteiger partial charge in [0, 0.05) is 0 Å². The van der Waals surface area contributed by atoms with E-state index < -0.39 is 12.1 Å². The third-order valence-corrected chi connectivity index (χ3v) is 2.92. The molecule has 88 valence electrons. The summed E-state index contributed by atoms with van der Waals surface area (Å²) < 4.78 is 5.04. The van der Waals surface area contributed by atoms with Crippen molar-refractivity contribution in [3.05, 3.63) is 27.8 Å². The van der Waals surface area contributed by atoms with Crippen LogP contribution in [0, 0.1) is 13.8 Å². The van der Waals surface area contributed by atoms with Crippen molar-refractivity contribution in [1.82, 2.24) is 0 Å². The molecule has 0 fully saturated rings.